The maximum absolute atomic E-state index is 12.0. The molecule has 3 aromatic rings. The number of hydrogen-bond donors (Lipinski definition) is 0. The van der Waals surface area contributed by atoms with E-state index in [2.05, 4.69) is 19.6 Å². The minimum Gasteiger partial charge on any atom is -0.323 e. The highest BCUT2D eigenvalue weighted by atomic mass is 32.2. The van der Waals surface area contributed by atoms with Crippen LogP contribution in [0.25, 0.3) is 4.96 Å². The van der Waals surface area contributed by atoms with Crippen molar-refractivity contribution >= 4 is 28.1 Å². The molecular formula is C13H13N5OS2. The van der Waals surface area contributed by atoms with Crippen LogP contribution in [-0.2, 0) is 5.75 Å². The zero-order valence-electron chi connectivity index (χ0n) is 11.4. The van der Waals surface area contributed by atoms with E-state index in [0.29, 0.717) is 16.8 Å². The molecule has 6 nitrogen and oxygen atoms in total. The summed E-state index contributed by atoms with van der Waals surface area (Å²) >= 11 is 3.06. The Hall–Kier alpha value is -1.67. The molecule has 0 atom stereocenters. The van der Waals surface area contributed by atoms with E-state index in [1.54, 1.807) is 17.8 Å². The standard InChI is InChI=1S/C13H13N5OS2/c1-8-16-18-11(19)6-9(15-13(18)21-8)7-20-12-14-4-5-17(12)10-2-3-10/h4-6,10H,2-3,7H2,1H3. The summed E-state index contributed by atoms with van der Waals surface area (Å²) in [5.41, 5.74) is 0.657. The maximum atomic E-state index is 12.0. The third kappa shape index (κ3) is 2.49. The van der Waals surface area contributed by atoms with Gasteiger partial charge in [0.25, 0.3) is 5.56 Å². The predicted molar refractivity (Wildman–Crippen MR) is 81.9 cm³/mol. The lowest BCUT2D eigenvalue weighted by Gasteiger charge is -2.05. The molecule has 1 saturated carbocycles. The molecule has 0 unspecified atom stereocenters. The van der Waals surface area contributed by atoms with Gasteiger partial charge in [0.05, 0.1) is 5.69 Å². The summed E-state index contributed by atoms with van der Waals surface area (Å²) in [6.07, 6.45) is 6.32. The Labute approximate surface area is 128 Å². The first-order chi connectivity index (χ1) is 10.2. The van der Waals surface area contributed by atoms with E-state index in [1.807, 2.05) is 19.3 Å². The van der Waals surface area contributed by atoms with Crippen LogP contribution < -0.4 is 5.56 Å². The van der Waals surface area contributed by atoms with Crippen molar-refractivity contribution in [1.29, 1.82) is 0 Å². The zero-order valence-corrected chi connectivity index (χ0v) is 13.0. The highest BCUT2D eigenvalue weighted by Crippen LogP contribution is 2.38. The highest BCUT2D eigenvalue weighted by Gasteiger charge is 2.25. The summed E-state index contributed by atoms with van der Waals surface area (Å²) in [7, 11) is 0. The molecule has 1 aliphatic rings. The normalized spacial score (nSPS) is 14.9. The molecule has 0 radical (unpaired) electrons. The lowest BCUT2D eigenvalue weighted by molar-refractivity contribution is 0.662. The Balaban J connectivity index is 1.59. The number of thioether (sulfide) groups is 1. The second kappa shape index (κ2) is 4.96. The molecule has 3 heterocycles. The topological polar surface area (TPSA) is 65.1 Å². The van der Waals surface area contributed by atoms with Crippen LogP contribution in [0.1, 0.15) is 29.6 Å². The second-order valence-electron chi connectivity index (χ2n) is 5.04. The van der Waals surface area contributed by atoms with Crippen LogP contribution in [0.5, 0.6) is 0 Å². The monoisotopic (exact) mass is 319 g/mol. The second-order valence-corrected chi connectivity index (χ2v) is 7.14. The predicted octanol–water partition coefficient (Wildman–Crippen LogP) is 2.28. The summed E-state index contributed by atoms with van der Waals surface area (Å²) in [4.78, 5) is 21.5. The quantitative estimate of drug-likeness (QED) is 0.690. The molecule has 21 heavy (non-hydrogen) atoms. The molecule has 0 amide bonds. The largest absolute Gasteiger partial charge is 0.323 e. The number of aromatic nitrogens is 5. The molecule has 0 aromatic carbocycles. The van der Waals surface area contributed by atoms with Crippen molar-refractivity contribution < 1.29 is 0 Å². The molecular weight excluding hydrogens is 306 g/mol. The van der Waals surface area contributed by atoms with Gasteiger partial charge in [0.15, 0.2) is 5.16 Å². The fourth-order valence-electron chi connectivity index (χ4n) is 2.21. The number of aryl methyl sites for hydroxylation is 1. The molecule has 0 spiro atoms. The van der Waals surface area contributed by atoms with Crippen molar-refractivity contribution in [2.24, 2.45) is 0 Å². The van der Waals surface area contributed by atoms with Gasteiger partial charge >= 0.3 is 0 Å². The SMILES string of the molecule is Cc1nn2c(=O)cc(CSc3nccn3C3CC3)nc2s1. The molecule has 0 saturated heterocycles. The number of imidazole rings is 1. The summed E-state index contributed by atoms with van der Waals surface area (Å²) < 4.78 is 3.58. The van der Waals surface area contributed by atoms with Crippen LogP contribution in [-0.4, -0.2) is 24.1 Å². The average Bonchev–Trinajstić information content (AvgIpc) is 3.06. The molecule has 3 aromatic heterocycles. The van der Waals surface area contributed by atoms with Crippen LogP contribution in [0, 0.1) is 6.92 Å². The number of nitrogens with zero attached hydrogens (tertiary/aromatic N) is 5. The van der Waals surface area contributed by atoms with Gasteiger partial charge in [0, 0.05) is 30.3 Å². The van der Waals surface area contributed by atoms with Gasteiger partial charge < -0.3 is 4.57 Å². The molecule has 0 N–H and O–H groups in total. The van der Waals surface area contributed by atoms with Crippen molar-refractivity contribution in [2.45, 2.75) is 36.7 Å². The summed E-state index contributed by atoms with van der Waals surface area (Å²) in [6.45, 7) is 1.87. The van der Waals surface area contributed by atoms with Gasteiger partial charge in [-0.15, -0.1) is 0 Å². The maximum Gasteiger partial charge on any atom is 0.275 e. The van der Waals surface area contributed by atoms with E-state index in [9.17, 15) is 4.79 Å². The highest BCUT2D eigenvalue weighted by molar-refractivity contribution is 7.98. The Morgan fingerprint density at radius 3 is 3.14 bits per heavy atom. The van der Waals surface area contributed by atoms with Gasteiger partial charge in [-0.25, -0.2) is 9.97 Å². The van der Waals surface area contributed by atoms with Crippen LogP contribution in [0.2, 0.25) is 0 Å². The van der Waals surface area contributed by atoms with Gasteiger partial charge in [-0.1, -0.05) is 23.1 Å². The first-order valence-corrected chi connectivity index (χ1v) is 8.53. The van der Waals surface area contributed by atoms with Gasteiger partial charge in [-0.3, -0.25) is 4.79 Å². The Morgan fingerprint density at radius 1 is 1.48 bits per heavy atom. The smallest absolute Gasteiger partial charge is 0.275 e. The van der Waals surface area contributed by atoms with E-state index in [0.717, 1.165) is 15.9 Å². The van der Waals surface area contributed by atoms with E-state index in [1.165, 1.54) is 28.7 Å². The Bertz CT molecular complexity index is 861. The molecule has 4 rings (SSSR count). The van der Waals surface area contributed by atoms with Crippen LogP contribution in [0.4, 0.5) is 0 Å². The number of rotatable bonds is 4. The fourth-order valence-corrected chi connectivity index (χ4v) is 3.89. The molecule has 1 fully saturated rings. The van der Waals surface area contributed by atoms with Crippen molar-refractivity contribution in [3.63, 3.8) is 0 Å². The molecule has 8 heteroatoms. The summed E-state index contributed by atoms with van der Waals surface area (Å²) in [6, 6.07) is 2.17. The zero-order chi connectivity index (χ0) is 14.4. The number of hydrogen-bond acceptors (Lipinski definition) is 6. The Morgan fingerprint density at radius 2 is 2.33 bits per heavy atom. The van der Waals surface area contributed by atoms with Crippen molar-refractivity contribution in [1.82, 2.24) is 24.1 Å². The van der Waals surface area contributed by atoms with Crippen molar-refractivity contribution in [3.05, 3.63) is 39.5 Å². The van der Waals surface area contributed by atoms with Crippen molar-refractivity contribution in [3.8, 4) is 0 Å². The molecule has 0 bridgehead atoms. The average molecular weight is 319 g/mol. The molecule has 1 aliphatic carbocycles. The van der Waals surface area contributed by atoms with Gasteiger partial charge in [0.2, 0.25) is 4.96 Å². The van der Waals surface area contributed by atoms with E-state index < -0.39 is 0 Å². The van der Waals surface area contributed by atoms with Crippen LogP contribution in [0.15, 0.2) is 28.4 Å². The van der Waals surface area contributed by atoms with Crippen molar-refractivity contribution in [2.75, 3.05) is 0 Å². The summed E-state index contributed by atoms with van der Waals surface area (Å²) in [5, 5.41) is 5.99. The van der Waals surface area contributed by atoms with E-state index in [-0.39, 0.29) is 5.56 Å². The first kappa shape index (κ1) is 13.0. The lowest BCUT2D eigenvalue weighted by Crippen LogP contribution is -2.15. The lowest BCUT2D eigenvalue weighted by atomic mass is 10.4. The third-order valence-electron chi connectivity index (χ3n) is 3.32. The van der Waals surface area contributed by atoms with Gasteiger partial charge in [-0.2, -0.15) is 9.61 Å². The minimum absolute atomic E-state index is 0.120. The van der Waals surface area contributed by atoms with E-state index in [4.69, 9.17) is 0 Å². The molecule has 108 valence electrons. The third-order valence-corrected chi connectivity index (χ3v) is 5.16. The Kier molecular flexibility index (Phi) is 3.07. The summed E-state index contributed by atoms with van der Waals surface area (Å²) in [5.74, 6) is 0.645. The number of fused-ring (bicyclic) bond motifs is 1. The first-order valence-electron chi connectivity index (χ1n) is 6.73. The minimum atomic E-state index is -0.120. The van der Waals surface area contributed by atoms with E-state index >= 15 is 0 Å². The fraction of sp³-hybridized carbons (Fsp3) is 0.385. The van der Waals surface area contributed by atoms with Crippen LogP contribution in [0.3, 0.4) is 0 Å². The van der Waals surface area contributed by atoms with Crippen LogP contribution >= 0.6 is 23.1 Å². The molecule has 0 aliphatic heterocycles. The van der Waals surface area contributed by atoms with Gasteiger partial charge in [0.1, 0.15) is 5.01 Å². The van der Waals surface area contributed by atoms with Gasteiger partial charge in [-0.05, 0) is 19.8 Å².